The molecule has 246 valence electrons. The third-order valence-corrected chi connectivity index (χ3v) is 7.60. The summed E-state index contributed by atoms with van der Waals surface area (Å²) in [5, 5.41) is 20.8. The molecule has 1 aliphatic rings. The molecule has 4 N–H and O–H groups in total. The van der Waals surface area contributed by atoms with Crippen molar-refractivity contribution >= 4 is 47.0 Å². The fourth-order valence-corrected chi connectivity index (χ4v) is 5.26. The molecule has 16 heteroatoms. The fourth-order valence-electron chi connectivity index (χ4n) is 5.08. The van der Waals surface area contributed by atoms with E-state index in [1.54, 1.807) is 48.7 Å². The van der Waals surface area contributed by atoms with Crippen molar-refractivity contribution in [1.82, 2.24) is 35.5 Å². The van der Waals surface area contributed by atoms with Gasteiger partial charge in [0.15, 0.2) is 0 Å². The number of ether oxygens (including phenoxy) is 3. The van der Waals surface area contributed by atoms with E-state index in [1.165, 1.54) is 31.3 Å². The number of fused-ring (bicyclic) bond motifs is 4. The molecule has 0 fully saturated rings. The minimum Gasteiger partial charge on any atom is -0.467 e. The molecule has 2 aromatic carbocycles. The van der Waals surface area contributed by atoms with E-state index in [9.17, 15) is 14.4 Å². The number of halogens is 1. The summed E-state index contributed by atoms with van der Waals surface area (Å²) >= 11 is 6.22. The number of carbonyl (C=O) groups excluding carboxylic acids is 3. The lowest BCUT2D eigenvalue weighted by Gasteiger charge is -2.22. The number of carbonyl (C=O) groups is 3. The first-order valence-electron chi connectivity index (χ1n) is 14.8. The van der Waals surface area contributed by atoms with E-state index in [2.05, 4.69) is 41.4 Å². The Bertz CT molecular complexity index is 1730. The van der Waals surface area contributed by atoms with Gasteiger partial charge in [-0.1, -0.05) is 24.4 Å². The minimum absolute atomic E-state index is 0.0999. The Morgan fingerprint density at radius 2 is 1.96 bits per heavy atom. The first kappa shape index (κ1) is 33.1. The number of aromatic nitrogens is 6. The lowest BCUT2D eigenvalue weighted by Crippen LogP contribution is -2.31. The van der Waals surface area contributed by atoms with Gasteiger partial charge >= 0.3 is 12.1 Å². The van der Waals surface area contributed by atoms with Gasteiger partial charge in [-0.2, -0.15) is 4.68 Å². The largest absolute Gasteiger partial charge is 0.467 e. The van der Waals surface area contributed by atoms with Gasteiger partial charge in [0.05, 0.1) is 37.3 Å². The van der Waals surface area contributed by atoms with E-state index >= 15 is 0 Å². The van der Waals surface area contributed by atoms with Crippen LogP contribution in [0.4, 0.5) is 16.2 Å². The highest BCUT2D eigenvalue weighted by molar-refractivity contribution is 6.30. The number of rotatable bonds is 9. The Hall–Kier alpha value is -5.28. The number of hydrogen-bond acceptors (Lipinski definition) is 11. The number of hydrogen-bond donors (Lipinski definition) is 4. The molecular weight excluding hydrogens is 630 g/mol. The molecule has 4 aromatic rings. The molecule has 2 bridgehead atoms. The van der Waals surface area contributed by atoms with Crippen molar-refractivity contribution in [2.45, 2.75) is 37.8 Å². The number of methoxy groups -OCH3 is 2. The molecule has 1 aliphatic heterocycles. The summed E-state index contributed by atoms with van der Waals surface area (Å²) in [4.78, 5) is 46.2. The standard InChI is InChI=1S/C31H34ClN9O6/c1-45-13-14-47-31(44)35-21-9-10-22-25(16-21)36-24(30(43)46-2)6-4-3-5-23(29-33-17-26(22)38-29)37-28(42)12-7-19-15-20(32)8-11-27(19)41-18-34-39-40-41/h7-12,15-18,23-24,36H,3-6,13-14H2,1-2H3,(H,33,38)(H,35,44)(H,37,42). The van der Waals surface area contributed by atoms with Gasteiger partial charge in [0, 0.05) is 40.7 Å². The van der Waals surface area contributed by atoms with Gasteiger partial charge in [-0.15, -0.1) is 5.10 Å². The average molecular weight is 664 g/mol. The lowest BCUT2D eigenvalue weighted by atomic mass is 10.0. The number of benzene rings is 2. The quantitative estimate of drug-likeness (QED) is 0.114. The average Bonchev–Trinajstić information content (AvgIpc) is 3.78. The molecule has 0 spiro atoms. The van der Waals surface area contributed by atoms with Crippen LogP contribution in [0.2, 0.25) is 5.02 Å². The second-order valence-corrected chi connectivity index (χ2v) is 11.0. The number of tetrazole rings is 1. The van der Waals surface area contributed by atoms with Gasteiger partial charge in [-0.05, 0) is 65.7 Å². The van der Waals surface area contributed by atoms with Gasteiger partial charge in [0.1, 0.15) is 24.8 Å². The Labute approximate surface area is 275 Å². The number of H-pyrrole nitrogens is 1. The van der Waals surface area contributed by atoms with Gasteiger partial charge in [0.2, 0.25) is 5.91 Å². The van der Waals surface area contributed by atoms with Gasteiger partial charge < -0.3 is 29.8 Å². The highest BCUT2D eigenvalue weighted by Gasteiger charge is 2.24. The van der Waals surface area contributed by atoms with E-state index in [0.29, 0.717) is 70.4 Å². The van der Waals surface area contributed by atoms with Crippen LogP contribution in [0.15, 0.2) is 55.0 Å². The third kappa shape index (κ3) is 8.71. The van der Waals surface area contributed by atoms with Crippen LogP contribution in [0.5, 0.6) is 0 Å². The van der Waals surface area contributed by atoms with Gasteiger partial charge in [-0.3, -0.25) is 10.1 Å². The van der Waals surface area contributed by atoms with Crippen molar-refractivity contribution < 1.29 is 28.6 Å². The number of anilines is 2. The summed E-state index contributed by atoms with van der Waals surface area (Å²) in [6, 6.07) is 9.28. The van der Waals surface area contributed by atoms with Crippen LogP contribution in [-0.2, 0) is 23.8 Å². The number of nitrogens with zero attached hydrogens (tertiary/aromatic N) is 5. The Kier molecular flexibility index (Phi) is 11.1. The summed E-state index contributed by atoms with van der Waals surface area (Å²) < 4.78 is 16.6. The van der Waals surface area contributed by atoms with Crippen molar-refractivity contribution in [2.75, 3.05) is 38.1 Å². The first-order chi connectivity index (χ1) is 22.8. The summed E-state index contributed by atoms with van der Waals surface area (Å²) in [5.41, 5.74) is 3.65. The second kappa shape index (κ2) is 15.8. The highest BCUT2D eigenvalue weighted by Crippen LogP contribution is 2.33. The number of amides is 2. The molecule has 2 aromatic heterocycles. The zero-order chi connectivity index (χ0) is 33.2. The van der Waals surface area contributed by atoms with Crippen LogP contribution in [0.1, 0.15) is 43.1 Å². The molecule has 0 saturated carbocycles. The Morgan fingerprint density at radius 3 is 2.74 bits per heavy atom. The zero-order valence-corrected chi connectivity index (χ0v) is 26.5. The van der Waals surface area contributed by atoms with Crippen molar-refractivity contribution in [1.29, 1.82) is 0 Å². The molecule has 0 radical (unpaired) electrons. The van der Waals surface area contributed by atoms with Crippen LogP contribution in [0, 0.1) is 0 Å². The predicted molar refractivity (Wildman–Crippen MR) is 173 cm³/mol. The predicted octanol–water partition coefficient (Wildman–Crippen LogP) is 4.30. The maximum absolute atomic E-state index is 13.2. The van der Waals surface area contributed by atoms with Crippen molar-refractivity contribution in [3.05, 3.63) is 71.4 Å². The first-order valence-corrected chi connectivity index (χ1v) is 15.2. The van der Waals surface area contributed by atoms with Gasteiger partial charge in [0.25, 0.3) is 0 Å². The topological polar surface area (TPSA) is 187 Å². The Balaban J connectivity index is 1.39. The van der Waals surface area contributed by atoms with E-state index in [4.69, 9.17) is 25.8 Å². The van der Waals surface area contributed by atoms with Crippen LogP contribution >= 0.6 is 11.6 Å². The molecule has 0 saturated heterocycles. The molecule has 0 aliphatic carbocycles. The normalized spacial score (nSPS) is 16.2. The molecule has 15 nitrogen and oxygen atoms in total. The maximum atomic E-state index is 13.2. The number of esters is 1. The van der Waals surface area contributed by atoms with E-state index in [1.807, 2.05) is 0 Å². The molecule has 5 rings (SSSR count). The zero-order valence-electron chi connectivity index (χ0n) is 25.7. The van der Waals surface area contributed by atoms with Crippen LogP contribution in [-0.4, -0.2) is 81.6 Å². The number of imidazole rings is 1. The Morgan fingerprint density at radius 1 is 1.11 bits per heavy atom. The molecular formula is C31H34ClN9O6. The molecule has 2 amide bonds. The van der Waals surface area contributed by atoms with E-state index in [0.717, 1.165) is 0 Å². The van der Waals surface area contributed by atoms with Crippen molar-refractivity contribution in [3.63, 3.8) is 0 Å². The van der Waals surface area contributed by atoms with Crippen LogP contribution < -0.4 is 16.0 Å². The van der Waals surface area contributed by atoms with E-state index in [-0.39, 0.29) is 19.1 Å². The summed E-state index contributed by atoms with van der Waals surface area (Å²) in [5.74, 6) is -0.197. The van der Waals surface area contributed by atoms with E-state index < -0.39 is 24.1 Å². The van der Waals surface area contributed by atoms with Crippen LogP contribution in [0.25, 0.3) is 23.0 Å². The number of nitrogens with one attached hydrogen (secondary N) is 4. The van der Waals surface area contributed by atoms with Crippen LogP contribution in [0.3, 0.4) is 0 Å². The highest BCUT2D eigenvalue weighted by atomic mass is 35.5. The smallest absolute Gasteiger partial charge is 0.411 e. The summed E-state index contributed by atoms with van der Waals surface area (Å²) in [6.45, 7) is 0.368. The van der Waals surface area contributed by atoms with Crippen molar-refractivity contribution in [2.24, 2.45) is 0 Å². The third-order valence-electron chi connectivity index (χ3n) is 7.37. The SMILES string of the molecule is COCCOC(=O)Nc1ccc2c(c1)NC(C(=O)OC)CCCCC(NC(=O)C=Cc1cc(Cl)ccc1-n1cnnn1)c1ncc-2[nH]1. The number of aromatic amines is 1. The molecule has 47 heavy (non-hydrogen) atoms. The minimum atomic E-state index is -0.660. The lowest BCUT2D eigenvalue weighted by molar-refractivity contribution is -0.141. The fraction of sp³-hybridized carbons (Fsp3) is 0.323. The molecule has 3 heterocycles. The summed E-state index contributed by atoms with van der Waals surface area (Å²) in [7, 11) is 2.85. The van der Waals surface area contributed by atoms with Crippen molar-refractivity contribution in [3.8, 4) is 16.9 Å². The molecule has 2 atom stereocenters. The second-order valence-electron chi connectivity index (χ2n) is 10.6. The molecule has 2 unspecified atom stereocenters. The maximum Gasteiger partial charge on any atom is 0.411 e. The monoisotopic (exact) mass is 663 g/mol. The van der Waals surface area contributed by atoms with Gasteiger partial charge in [-0.25, -0.2) is 14.6 Å². The summed E-state index contributed by atoms with van der Waals surface area (Å²) in [6.07, 6.45) is 7.90.